The molecule has 1 N–H and O–H groups in total. The van der Waals surface area contributed by atoms with E-state index in [1.807, 2.05) is 59.8 Å². The van der Waals surface area contributed by atoms with E-state index in [4.69, 9.17) is 0 Å². The molecule has 0 unspecified atom stereocenters. The van der Waals surface area contributed by atoms with Crippen LogP contribution in [-0.4, -0.2) is 24.4 Å². The molecule has 5 heteroatoms. The predicted octanol–water partition coefficient (Wildman–Crippen LogP) is 4.22. The average Bonchev–Trinajstić information content (AvgIpc) is 3.17. The summed E-state index contributed by atoms with van der Waals surface area (Å²) < 4.78 is 13.8. The highest BCUT2D eigenvalue weighted by molar-refractivity contribution is 7.10. The summed E-state index contributed by atoms with van der Waals surface area (Å²) in [5.74, 6) is -0.341. The fourth-order valence-electron chi connectivity index (χ4n) is 2.84. The van der Waals surface area contributed by atoms with Crippen molar-refractivity contribution in [3.8, 4) is 0 Å². The zero-order valence-electron chi connectivity index (χ0n) is 14.6. The summed E-state index contributed by atoms with van der Waals surface area (Å²) in [5.41, 5.74) is 1.63. The highest BCUT2D eigenvalue weighted by atomic mass is 32.1. The lowest BCUT2D eigenvalue weighted by molar-refractivity contribution is -0.122. The predicted molar refractivity (Wildman–Crippen MR) is 103 cm³/mol. The lowest BCUT2D eigenvalue weighted by Crippen LogP contribution is -2.37. The maximum Gasteiger partial charge on any atom is 0.234 e. The van der Waals surface area contributed by atoms with Gasteiger partial charge in [0.25, 0.3) is 0 Å². The first-order valence-electron chi connectivity index (χ1n) is 8.43. The van der Waals surface area contributed by atoms with Crippen LogP contribution >= 0.6 is 11.3 Å². The van der Waals surface area contributed by atoms with Crippen molar-refractivity contribution < 1.29 is 9.18 Å². The van der Waals surface area contributed by atoms with E-state index in [-0.39, 0.29) is 24.3 Å². The van der Waals surface area contributed by atoms with Crippen LogP contribution in [0.5, 0.6) is 0 Å². The molecule has 1 heterocycles. The van der Waals surface area contributed by atoms with Crippen LogP contribution in [0.3, 0.4) is 0 Å². The topological polar surface area (TPSA) is 32.3 Å². The van der Waals surface area contributed by atoms with Gasteiger partial charge in [0.05, 0.1) is 12.6 Å². The first kappa shape index (κ1) is 18.3. The van der Waals surface area contributed by atoms with E-state index in [0.29, 0.717) is 12.1 Å². The molecule has 1 atom stereocenters. The Morgan fingerprint density at radius 1 is 1.08 bits per heavy atom. The van der Waals surface area contributed by atoms with Gasteiger partial charge in [0.1, 0.15) is 5.82 Å². The summed E-state index contributed by atoms with van der Waals surface area (Å²) in [6.07, 6.45) is 0. The third-order valence-electron chi connectivity index (χ3n) is 4.08. The normalized spacial score (nSPS) is 12.1. The Bertz CT molecular complexity index is 836. The number of hydrogen-bond acceptors (Lipinski definition) is 3. The summed E-state index contributed by atoms with van der Waals surface area (Å²) in [4.78, 5) is 15.5. The quantitative estimate of drug-likeness (QED) is 0.677. The van der Waals surface area contributed by atoms with E-state index in [1.165, 1.54) is 6.07 Å². The van der Waals surface area contributed by atoms with Crippen LogP contribution in [-0.2, 0) is 11.3 Å². The van der Waals surface area contributed by atoms with E-state index in [9.17, 15) is 9.18 Å². The molecule has 0 aliphatic rings. The Labute approximate surface area is 157 Å². The minimum atomic E-state index is -0.250. The second-order valence-electron chi connectivity index (χ2n) is 6.19. The molecule has 2 aromatic carbocycles. The zero-order valence-corrected chi connectivity index (χ0v) is 15.4. The number of hydrogen-bond donors (Lipinski definition) is 1. The Morgan fingerprint density at radius 3 is 2.50 bits per heavy atom. The molecule has 134 valence electrons. The highest BCUT2D eigenvalue weighted by Gasteiger charge is 2.18. The molecule has 3 nitrogen and oxygen atoms in total. The van der Waals surface area contributed by atoms with Crippen LogP contribution in [0.4, 0.5) is 4.39 Å². The van der Waals surface area contributed by atoms with E-state index in [2.05, 4.69) is 5.32 Å². The molecule has 1 aromatic heterocycles. The molecule has 1 amide bonds. The van der Waals surface area contributed by atoms with Gasteiger partial charge in [-0.2, -0.15) is 0 Å². The minimum absolute atomic E-state index is 0.0916. The summed E-state index contributed by atoms with van der Waals surface area (Å²) in [6, 6.07) is 20.4. The lowest BCUT2D eigenvalue weighted by atomic mass is 10.1. The van der Waals surface area contributed by atoms with Crippen molar-refractivity contribution >= 4 is 17.2 Å². The molecule has 0 aliphatic heterocycles. The van der Waals surface area contributed by atoms with Crippen molar-refractivity contribution in [1.29, 1.82) is 0 Å². The zero-order chi connectivity index (χ0) is 18.4. The third kappa shape index (κ3) is 4.77. The lowest BCUT2D eigenvalue weighted by Gasteiger charge is -2.21. The first-order chi connectivity index (χ1) is 12.6. The standard InChI is InChI=1S/C21H21FN2OS/c1-24(14-17-10-5-6-11-18(17)22)15-20(25)23-21(19-12-7-13-26-19)16-8-3-2-4-9-16/h2-13,21H,14-15H2,1H3,(H,23,25)/t21-/m1/s1. The molecule has 0 aliphatic carbocycles. The first-order valence-corrected chi connectivity index (χ1v) is 9.31. The van der Waals surface area contributed by atoms with Crippen molar-refractivity contribution in [3.63, 3.8) is 0 Å². The molecular weight excluding hydrogens is 347 g/mol. The molecule has 26 heavy (non-hydrogen) atoms. The van der Waals surface area contributed by atoms with Crippen molar-refractivity contribution in [2.24, 2.45) is 0 Å². The maximum absolute atomic E-state index is 13.8. The SMILES string of the molecule is CN(CC(=O)N[C@H](c1ccccc1)c1cccs1)Cc1ccccc1F. The van der Waals surface area contributed by atoms with Crippen molar-refractivity contribution in [1.82, 2.24) is 10.2 Å². The molecule has 0 spiro atoms. The largest absolute Gasteiger partial charge is 0.343 e. The van der Waals surface area contributed by atoms with E-state index < -0.39 is 0 Å². The second kappa shape index (κ2) is 8.74. The number of amides is 1. The molecule has 0 saturated heterocycles. The Morgan fingerprint density at radius 2 is 1.81 bits per heavy atom. The molecule has 0 saturated carbocycles. The summed E-state index contributed by atoms with van der Waals surface area (Å²) in [6.45, 7) is 0.581. The van der Waals surface area contributed by atoms with Gasteiger partial charge in [-0.05, 0) is 30.1 Å². The van der Waals surface area contributed by atoms with Crippen LogP contribution in [0.1, 0.15) is 22.0 Å². The van der Waals surface area contributed by atoms with Gasteiger partial charge in [0.2, 0.25) is 5.91 Å². The number of thiophene rings is 1. The van der Waals surface area contributed by atoms with Crippen LogP contribution in [0.25, 0.3) is 0 Å². The Kier molecular flexibility index (Phi) is 6.15. The van der Waals surface area contributed by atoms with Gasteiger partial charge in [0.15, 0.2) is 0 Å². The van der Waals surface area contributed by atoms with Gasteiger partial charge >= 0.3 is 0 Å². The van der Waals surface area contributed by atoms with Crippen LogP contribution in [0.2, 0.25) is 0 Å². The number of nitrogens with one attached hydrogen (secondary N) is 1. The summed E-state index contributed by atoms with van der Waals surface area (Å²) in [7, 11) is 1.81. The van der Waals surface area contributed by atoms with Gasteiger partial charge in [-0.15, -0.1) is 11.3 Å². The summed E-state index contributed by atoms with van der Waals surface area (Å²) in [5, 5.41) is 5.10. The van der Waals surface area contributed by atoms with Crippen molar-refractivity contribution in [2.75, 3.05) is 13.6 Å². The van der Waals surface area contributed by atoms with E-state index in [1.54, 1.807) is 29.5 Å². The van der Waals surface area contributed by atoms with Gasteiger partial charge in [-0.1, -0.05) is 54.6 Å². The van der Waals surface area contributed by atoms with E-state index >= 15 is 0 Å². The van der Waals surface area contributed by atoms with Crippen molar-refractivity contribution in [2.45, 2.75) is 12.6 Å². The maximum atomic E-state index is 13.8. The number of benzene rings is 2. The molecule has 0 fully saturated rings. The molecule has 3 aromatic rings. The number of nitrogens with zero attached hydrogens (tertiary/aromatic N) is 1. The fourth-order valence-corrected chi connectivity index (χ4v) is 3.65. The highest BCUT2D eigenvalue weighted by Crippen LogP contribution is 2.25. The fraction of sp³-hybridized carbons (Fsp3) is 0.190. The molecular formula is C21H21FN2OS. The second-order valence-corrected chi connectivity index (χ2v) is 7.17. The average molecular weight is 368 g/mol. The van der Waals surface area contributed by atoms with Gasteiger partial charge in [0, 0.05) is 17.0 Å². The summed E-state index contributed by atoms with van der Waals surface area (Å²) >= 11 is 1.61. The molecule has 3 rings (SSSR count). The Hall–Kier alpha value is -2.50. The van der Waals surface area contributed by atoms with E-state index in [0.717, 1.165) is 10.4 Å². The van der Waals surface area contributed by atoms with Crippen LogP contribution < -0.4 is 5.32 Å². The van der Waals surface area contributed by atoms with Gasteiger partial charge in [-0.25, -0.2) is 4.39 Å². The third-order valence-corrected chi connectivity index (χ3v) is 5.01. The Balaban J connectivity index is 1.66. The smallest absolute Gasteiger partial charge is 0.234 e. The number of carbonyl (C=O) groups is 1. The number of halogens is 1. The molecule has 0 radical (unpaired) electrons. The number of rotatable bonds is 7. The van der Waals surface area contributed by atoms with Crippen LogP contribution in [0, 0.1) is 5.82 Å². The van der Waals surface area contributed by atoms with Gasteiger partial charge < -0.3 is 5.32 Å². The number of carbonyl (C=O) groups excluding carboxylic acids is 1. The van der Waals surface area contributed by atoms with Crippen LogP contribution in [0.15, 0.2) is 72.1 Å². The minimum Gasteiger partial charge on any atom is -0.343 e. The van der Waals surface area contributed by atoms with Gasteiger partial charge in [-0.3, -0.25) is 9.69 Å². The van der Waals surface area contributed by atoms with Crippen molar-refractivity contribution in [3.05, 3.63) is 93.9 Å². The monoisotopic (exact) mass is 368 g/mol. The number of likely N-dealkylation sites (N-methyl/N-ethyl adjacent to an activating group) is 1. The molecule has 0 bridgehead atoms.